The molecule has 0 amide bonds. The van der Waals surface area contributed by atoms with E-state index < -0.39 is 22.5 Å². The van der Waals surface area contributed by atoms with Crippen LogP contribution in [0.25, 0.3) is 0 Å². The van der Waals surface area contributed by atoms with E-state index in [2.05, 4.69) is 5.32 Å². The normalized spacial score (nSPS) is 21.8. The maximum absolute atomic E-state index is 12.8. The zero-order valence-corrected chi connectivity index (χ0v) is 19.7. The molecule has 0 spiro atoms. The van der Waals surface area contributed by atoms with Gasteiger partial charge < -0.3 is 0 Å². The fourth-order valence-electron chi connectivity index (χ4n) is 5.40. The van der Waals surface area contributed by atoms with Crippen molar-refractivity contribution in [3.63, 3.8) is 0 Å². The summed E-state index contributed by atoms with van der Waals surface area (Å²) in [6, 6.07) is 36.0. The molecule has 1 unspecified atom stereocenters. The number of para-hydroxylation sites is 1. The number of hydrogen-bond acceptors (Lipinski definition) is 4. The Bertz CT molecular complexity index is 1370. The summed E-state index contributed by atoms with van der Waals surface area (Å²) < 4.78 is 42.3. The van der Waals surface area contributed by atoms with Crippen LogP contribution in [0.4, 0.5) is 5.69 Å². The molecule has 0 saturated carbocycles. The molecule has 2 N–H and O–H groups in total. The predicted octanol–water partition coefficient (Wildman–Crippen LogP) is 4.55. The number of hydrogen-bond donors (Lipinski definition) is 2. The van der Waals surface area contributed by atoms with Crippen molar-refractivity contribution in [3.05, 3.63) is 121 Å². The van der Waals surface area contributed by atoms with Gasteiger partial charge in [-0.25, -0.2) is 0 Å². The summed E-state index contributed by atoms with van der Waals surface area (Å²) in [5.74, 6) is 0. The number of benzene rings is 4. The van der Waals surface area contributed by atoms with Crippen LogP contribution >= 0.6 is 6.83 Å². The van der Waals surface area contributed by atoms with Crippen molar-refractivity contribution in [2.24, 2.45) is 0 Å². The molecule has 0 saturated heterocycles. The van der Waals surface area contributed by atoms with Crippen LogP contribution in [0.15, 0.2) is 115 Å². The Morgan fingerprint density at radius 3 is 1.70 bits per heavy atom. The van der Waals surface area contributed by atoms with Gasteiger partial charge in [0, 0.05) is 0 Å². The predicted molar refractivity (Wildman–Crippen MR) is 135 cm³/mol. The minimum atomic E-state index is -4.92. The SMILES string of the molecule is CC1(c2ccccc2)Nc2ccccc2P1(OS(=O)(=O)O)(c1ccccc1)c1ccccc1. The Hall–Kier alpha value is -3.02. The third kappa shape index (κ3) is 2.85. The third-order valence-corrected chi connectivity index (χ3v) is 14.6. The summed E-state index contributed by atoms with van der Waals surface area (Å²) in [7, 11) is -4.92. The average molecular weight is 478 g/mol. The first-order valence-corrected chi connectivity index (χ1v) is 14.1. The zero-order valence-electron chi connectivity index (χ0n) is 18.0. The summed E-state index contributed by atoms with van der Waals surface area (Å²) >= 11 is 0. The standard InChI is InChI=1S/C26H24NO4PS/c1-26(21-13-5-2-6-14-21)27-24-19-11-12-20-25(24)32(26,31-33(28,29)30,22-15-7-3-8-16-22)23-17-9-4-10-18-23/h2-20,27H,1H3,(H,28,29,30). The summed E-state index contributed by atoms with van der Waals surface area (Å²) in [6.45, 7) is -2.51. The quantitative estimate of drug-likeness (QED) is 0.326. The fourth-order valence-corrected chi connectivity index (χ4v) is 14.3. The first-order valence-electron chi connectivity index (χ1n) is 10.6. The van der Waals surface area contributed by atoms with E-state index in [0.717, 1.165) is 11.3 Å². The Kier molecular flexibility index (Phi) is 4.96. The van der Waals surface area contributed by atoms with E-state index in [0.29, 0.717) is 15.9 Å². The fraction of sp³-hybridized carbons (Fsp3) is 0.0769. The second-order valence-electron chi connectivity index (χ2n) is 8.29. The summed E-state index contributed by atoms with van der Waals surface area (Å²) in [5.41, 5.74) is 1.60. The van der Waals surface area contributed by atoms with Crippen LogP contribution in [0.1, 0.15) is 12.5 Å². The van der Waals surface area contributed by atoms with E-state index in [4.69, 9.17) is 3.97 Å². The molecule has 0 bridgehead atoms. The van der Waals surface area contributed by atoms with Gasteiger partial charge in [0.25, 0.3) is 0 Å². The van der Waals surface area contributed by atoms with Gasteiger partial charge in [-0.15, -0.1) is 0 Å². The summed E-state index contributed by atoms with van der Waals surface area (Å²) in [4.78, 5) is 0. The molecule has 0 radical (unpaired) electrons. The molecule has 1 aliphatic rings. The second kappa shape index (κ2) is 7.51. The van der Waals surface area contributed by atoms with Crippen LogP contribution in [0, 0.1) is 0 Å². The molecule has 33 heavy (non-hydrogen) atoms. The number of nitrogens with one attached hydrogen (secondary N) is 1. The van der Waals surface area contributed by atoms with Crippen LogP contribution in [-0.2, 0) is 19.6 Å². The van der Waals surface area contributed by atoms with Crippen LogP contribution in [0.5, 0.6) is 0 Å². The third-order valence-electron chi connectivity index (χ3n) is 6.67. The number of rotatable bonds is 5. The van der Waals surface area contributed by atoms with Gasteiger partial charge in [-0.2, -0.15) is 0 Å². The summed E-state index contributed by atoms with van der Waals surface area (Å²) in [6.07, 6.45) is 0. The first-order chi connectivity index (χ1) is 15.8. The van der Waals surface area contributed by atoms with E-state index >= 15 is 0 Å². The average Bonchev–Trinajstić information content (AvgIpc) is 3.07. The Morgan fingerprint density at radius 2 is 1.18 bits per heavy atom. The van der Waals surface area contributed by atoms with Gasteiger partial charge in [-0.3, -0.25) is 0 Å². The van der Waals surface area contributed by atoms with Crippen molar-refractivity contribution in [2.75, 3.05) is 5.32 Å². The molecular weight excluding hydrogens is 453 g/mol. The van der Waals surface area contributed by atoms with Gasteiger partial charge in [0.15, 0.2) is 0 Å². The molecule has 0 aromatic heterocycles. The van der Waals surface area contributed by atoms with Gasteiger partial charge in [0.05, 0.1) is 0 Å². The van der Waals surface area contributed by atoms with E-state index in [1.807, 2.05) is 122 Å². The Morgan fingerprint density at radius 1 is 0.727 bits per heavy atom. The Labute approximate surface area is 194 Å². The molecular formula is C26H24NO4PS. The van der Waals surface area contributed by atoms with E-state index in [1.165, 1.54) is 0 Å². The topological polar surface area (TPSA) is 75.6 Å². The molecule has 1 heterocycles. The van der Waals surface area contributed by atoms with Gasteiger partial charge in [-0.1, -0.05) is 0 Å². The second-order valence-corrected chi connectivity index (χ2v) is 14.2. The van der Waals surface area contributed by atoms with Gasteiger partial charge >= 0.3 is 194 Å². The van der Waals surface area contributed by atoms with Gasteiger partial charge in [0.2, 0.25) is 0 Å². The minimum absolute atomic E-state index is 0.691. The molecule has 5 nitrogen and oxygen atoms in total. The summed E-state index contributed by atoms with van der Waals surface area (Å²) in [5, 5.41) is 4.67. The van der Waals surface area contributed by atoms with Crippen molar-refractivity contribution >= 4 is 38.8 Å². The van der Waals surface area contributed by atoms with Crippen molar-refractivity contribution < 1.29 is 16.9 Å². The molecule has 0 fully saturated rings. The van der Waals surface area contributed by atoms with Crippen LogP contribution in [-0.4, -0.2) is 13.0 Å². The molecule has 1 aliphatic heterocycles. The monoisotopic (exact) mass is 477 g/mol. The van der Waals surface area contributed by atoms with Crippen LogP contribution in [0.3, 0.4) is 0 Å². The molecule has 4 aromatic rings. The molecule has 5 rings (SSSR count). The van der Waals surface area contributed by atoms with E-state index in [9.17, 15) is 13.0 Å². The molecule has 7 heteroatoms. The number of fused-ring (bicyclic) bond motifs is 1. The maximum atomic E-state index is 12.8. The van der Waals surface area contributed by atoms with Gasteiger partial charge in [-0.05, 0) is 0 Å². The van der Waals surface area contributed by atoms with Crippen molar-refractivity contribution in [1.82, 2.24) is 0 Å². The Balaban J connectivity index is 2.11. The molecule has 4 aromatic carbocycles. The van der Waals surface area contributed by atoms with Crippen molar-refractivity contribution in [3.8, 4) is 0 Å². The van der Waals surface area contributed by atoms with Crippen LogP contribution in [0.2, 0.25) is 0 Å². The van der Waals surface area contributed by atoms with E-state index in [-0.39, 0.29) is 0 Å². The van der Waals surface area contributed by atoms with Gasteiger partial charge in [0.1, 0.15) is 0 Å². The molecule has 168 valence electrons. The van der Waals surface area contributed by atoms with E-state index in [1.54, 1.807) is 0 Å². The van der Waals surface area contributed by atoms with Crippen molar-refractivity contribution in [1.29, 1.82) is 0 Å². The van der Waals surface area contributed by atoms with Crippen LogP contribution < -0.4 is 21.2 Å². The molecule has 1 atom stereocenters. The zero-order chi connectivity index (χ0) is 23.2. The van der Waals surface area contributed by atoms with Crippen molar-refractivity contribution in [2.45, 2.75) is 12.2 Å². The first kappa shape index (κ1) is 21.8. The molecule has 0 aliphatic carbocycles. The number of anilines is 1.